The summed E-state index contributed by atoms with van der Waals surface area (Å²) < 4.78 is 16.1. The third kappa shape index (κ3) is 3.05. The Bertz CT molecular complexity index is 787. The summed E-state index contributed by atoms with van der Waals surface area (Å²) in [6.45, 7) is 2.01. The molecule has 1 aromatic heterocycles. The van der Waals surface area contributed by atoms with Gasteiger partial charge in [0.1, 0.15) is 0 Å². The number of furan rings is 1. The first-order valence-electron chi connectivity index (χ1n) is 9.03. The third-order valence-electron chi connectivity index (χ3n) is 5.47. The zero-order valence-corrected chi connectivity index (χ0v) is 15.2. The summed E-state index contributed by atoms with van der Waals surface area (Å²) in [5.41, 5.74) is 2.59. The van der Waals surface area contributed by atoms with Gasteiger partial charge in [0.05, 0.1) is 20.5 Å². The summed E-state index contributed by atoms with van der Waals surface area (Å²) in [4.78, 5) is 14.8. The first kappa shape index (κ1) is 17.0. The van der Waals surface area contributed by atoms with E-state index in [2.05, 4.69) is 22.3 Å². The zero-order chi connectivity index (χ0) is 18.1. The smallest absolute Gasteiger partial charge is 0.287 e. The summed E-state index contributed by atoms with van der Waals surface area (Å²) in [5.74, 6) is 1.76. The third-order valence-corrected chi connectivity index (χ3v) is 5.47. The lowest BCUT2D eigenvalue weighted by atomic mass is 9.84. The first-order chi connectivity index (χ1) is 12.7. The van der Waals surface area contributed by atoms with Crippen molar-refractivity contribution in [1.82, 2.24) is 10.2 Å². The molecule has 2 aliphatic heterocycles. The SMILES string of the molecule is COc1cc2c(cc1OC)C1CC(NC(=O)c3ccco3)CCN1CC2. The number of carbonyl (C=O) groups is 1. The molecule has 2 aliphatic rings. The molecule has 26 heavy (non-hydrogen) atoms. The summed E-state index contributed by atoms with van der Waals surface area (Å²) in [6, 6.07) is 8.03. The fourth-order valence-corrected chi connectivity index (χ4v) is 4.13. The Morgan fingerprint density at radius 1 is 1.23 bits per heavy atom. The van der Waals surface area contributed by atoms with Crippen LogP contribution in [-0.4, -0.2) is 44.2 Å². The number of fused-ring (bicyclic) bond motifs is 3. The lowest BCUT2D eigenvalue weighted by Crippen LogP contribution is -2.48. The number of piperidine rings is 1. The van der Waals surface area contributed by atoms with Gasteiger partial charge in [0.15, 0.2) is 17.3 Å². The molecule has 0 saturated carbocycles. The molecule has 0 radical (unpaired) electrons. The molecular weight excluding hydrogens is 332 g/mol. The largest absolute Gasteiger partial charge is 0.493 e. The minimum atomic E-state index is -0.142. The van der Waals surface area contributed by atoms with Gasteiger partial charge < -0.3 is 19.2 Å². The Kier molecular flexibility index (Phi) is 4.59. The van der Waals surface area contributed by atoms with Gasteiger partial charge in [-0.05, 0) is 54.7 Å². The molecule has 4 rings (SSSR count). The van der Waals surface area contributed by atoms with Crippen LogP contribution in [0.1, 0.15) is 40.6 Å². The number of amides is 1. The predicted molar refractivity (Wildman–Crippen MR) is 96.8 cm³/mol. The number of ether oxygens (including phenoxy) is 2. The van der Waals surface area contributed by atoms with Crippen LogP contribution >= 0.6 is 0 Å². The molecule has 6 nitrogen and oxygen atoms in total. The van der Waals surface area contributed by atoms with Crippen LogP contribution < -0.4 is 14.8 Å². The maximum absolute atomic E-state index is 12.3. The van der Waals surface area contributed by atoms with Crippen molar-refractivity contribution in [2.75, 3.05) is 27.3 Å². The van der Waals surface area contributed by atoms with Gasteiger partial charge in [-0.3, -0.25) is 9.69 Å². The van der Waals surface area contributed by atoms with Crippen molar-refractivity contribution in [2.45, 2.75) is 31.3 Å². The average molecular weight is 356 g/mol. The van der Waals surface area contributed by atoms with Crippen molar-refractivity contribution >= 4 is 5.91 Å². The van der Waals surface area contributed by atoms with E-state index < -0.39 is 0 Å². The van der Waals surface area contributed by atoms with E-state index in [-0.39, 0.29) is 18.0 Å². The Labute approximate surface area is 153 Å². The number of nitrogens with one attached hydrogen (secondary N) is 1. The first-order valence-corrected chi connectivity index (χ1v) is 9.03. The van der Waals surface area contributed by atoms with E-state index in [1.165, 1.54) is 17.4 Å². The van der Waals surface area contributed by atoms with E-state index in [0.717, 1.165) is 43.9 Å². The van der Waals surface area contributed by atoms with Gasteiger partial charge in [0.2, 0.25) is 0 Å². The number of nitrogens with zero attached hydrogens (tertiary/aromatic N) is 1. The fourth-order valence-electron chi connectivity index (χ4n) is 4.13. The molecule has 1 amide bonds. The fraction of sp³-hybridized carbons (Fsp3) is 0.450. The number of methoxy groups -OCH3 is 2. The highest BCUT2D eigenvalue weighted by atomic mass is 16.5. The molecule has 0 spiro atoms. The topological polar surface area (TPSA) is 63.9 Å². The standard InChI is InChI=1S/C20H24N2O4/c1-24-18-10-13-5-7-22-8-6-14(21-20(23)17-4-3-9-26-17)11-16(22)15(13)12-19(18)25-2/h3-4,9-10,12,14,16H,5-8,11H2,1-2H3,(H,21,23). The highest BCUT2D eigenvalue weighted by Crippen LogP contribution is 2.41. The van der Waals surface area contributed by atoms with Gasteiger partial charge in [-0.25, -0.2) is 0 Å². The maximum atomic E-state index is 12.3. The van der Waals surface area contributed by atoms with Crippen LogP contribution in [0.4, 0.5) is 0 Å². The normalized spacial score (nSPS) is 22.2. The molecule has 6 heteroatoms. The zero-order valence-electron chi connectivity index (χ0n) is 15.2. The van der Waals surface area contributed by atoms with Gasteiger partial charge in [-0.2, -0.15) is 0 Å². The van der Waals surface area contributed by atoms with Crippen LogP contribution in [0.25, 0.3) is 0 Å². The lowest BCUT2D eigenvalue weighted by Gasteiger charge is -2.43. The summed E-state index contributed by atoms with van der Waals surface area (Å²) in [6.07, 6.45) is 4.37. The molecule has 1 fully saturated rings. The monoisotopic (exact) mass is 356 g/mol. The number of rotatable bonds is 4. The van der Waals surface area contributed by atoms with E-state index in [1.54, 1.807) is 26.4 Å². The Morgan fingerprint density at radius 2 is 2.04 bits per heavy atom. The van der Waals surface area contributed by atoms with Crippen LogP contribution in [0.5, 0.6) is 11.5 Å². The number of benzene rings is 1. The number of carbonyl (C=O) groups excluding carboxylic acids is 1. The highest BCUT2D eigenvalue weighted by molar-refractivity contribution is 5.91. The minimum Gasteiger partial charge on any atom is -0.493 e. The van der Waals surface area contributed by atoms with Gasteiger partial charge >= 0.3 is 0 Å². The van der Waals surface area contributed by atoms with Crippen LogP contribution in [-0.2, 0) is 6.42 Å². The van der Waals surface area contributed by atoms with Crippen molar-refractivity contribution in [3.63, 3.8) is 0 Å². The summed E-state index contributed by atoms with van der Waals surface area (Å²) >= 11 is 0. The molecule has 2 atom stereocenters. The maximum Gasteiger partial charge on any atom is 0.287 e. The molecule has 138 valence electrons. The van der Waals surface area contributed by atoms with Crippen molar-refractivity contribution in [3.05, 3.63) is 47.4 Å². The van der Waals surface area contributed by atoms with Gasteiger partial charge in [-0.1, -0.05) is 0 Å². The predicted octanol–water partition coefficient (Wildman–Crippen LogP) is 2.79. The quantitative estimate of drug-likeness (QED) is 0.913. The van der Waals surface area contributed by atoms with Crippen molar-refractivity contribution < 1.29 is 18.7 Å². The lowest BCUT2D eigenvalue weighted by molar-refractivity contribution is 0.0819. The van der Waals surface area contributed by atoms with Crippen LogP contribution in [0.15, 0.2) is 34.9 Å². The molecule has 2 aromatic rings. The van der Waals surface area contributed by atoms with Crippen molar-refractivity contribution in [3.8, 4) is 11.5 Å². The van der Waals surface area contributed by atoms with Crippen molar-refractivity contribution in [1.29, 1.82) is 0 Å². The Balaban J connectivity index is 1.55. The Hall–Kier alpha value is -2.47. The van der Waals surface area contributed by atoms with E-state index in [4.69, 9.17) is 13.9 Å². The summed E-state index contributed by atoms with van der Waals surface area (Å²) in [5, 5.41) is 3.12. The summed E-state index contributed by atoms with van der Waals surface area (Å²) in [7, 11) is 3.33. The average Bonchev–Trinajstić information content (AvgIpc) is 3.21. The molecule has 1 saturated heterocycles. The van der Waals surface area contributed by atoms with E-state index >= 15 is 0 Å². The van der Waals surface area contributed by atoms with E-state index in [0.29, 0.717) is 5.76 Å². The number of hydrogen-bond donors (Lipinski definition) is 1. The molecular formula is C20H24N2O4. The molecule has 1 N–H and O–H groups in total. The van der Waals surface area contributed by atoms with Gasteiger partial charge in [-0.15, -0.1) is 0 Å². The molecule has 3 heterocycles. The molecule has 1 aromatic carbocycles. The van der Waals surface area contributed by atoms with Gasteiger partial charge in [0.25, 0.3) is 5.91 Å². The second-order valence-corrected chi connectivity index (χ2v) is 6.88. The highest BCUT2D eigenvalue weighted by Gasteiger charge is 2.35. The van der Waals surface area contributed by atoms with Crippen molar-refractivity contribution in [2.24, 2.45) is 0 Å². The van der Waals surface area contributed by atoms with Crippen LogP contribution in [0.3, 0.4) is 0 Å². The second kappa shape index (κ2) is 7.03. The van der Waals surface area contributed by atoms with Gasteiger partial charge in [0, 0.05) is 25.2 Å². The minimum absolute atomic E-state index is 0.132. The van der Waals surface area contributed by atoms with E-state index in [9.17, 15) is 4.79 Å². The van der Waals surface area contributed by atoms with Crippen LogP contribution in [0, 0.1) is 0 Å². The Morgan fingerprint density at radius 3 is 2.77 bits per heavy atom. The second-order valence-electron chi connectivity index (χ2n) is 6.88. The van der Waals surface area contributed by atoms with Crippen LogP contribution in [0.2, 0.25) is 0 Å². The molecule has 2 unspecified atom stereocenters. The molecule has 0 aliphatic carbocycles. The number of hydrogen-bond acceptors (Lipinski definition) is 5. The van der Waals surface area contributed by atoms with E-state index in [1.807, 2.05) is 0 Å². The molecule has 0 bridgehead atoms.